The van der Waals surface area contributed by atoms with Crippen LogP contribution in [0.4, 0.5) is 8.78 Å². The van der Waals surface area contributed by atoms with E-state index in [1.165, 1.54) is 23.5 Å². The SMILES string of the molecule is NCC(CO)(Cc1ccc(Br)s1)c1cc(F)cc(F)c1. The van der Waals surface area contributed by atoms with Crippen LogP contribution in [0.1, 0.15) is 10.4 Å². The second kappa shape index (κ2) is 6.30. The lowest BCUT2D eigenvalue weighted by Gasteiger charge is -2.30. The predicted octanol–water partition coefficient (Wildman–Crippen LogP) is 3.22. The molecule has 1 atom stereocenters. The summed E-state index contributed by atoms with van der Waals surface area (Å²) in [6.07, 6.45) is 0.430. The molecular weight excluding hydrogens is 348 g/mol. The largest absolute Gasteiger partial charge is 0.395 e. The van der Waals surface area contributed by atoms with E-state index in [2.05, 4.69) is 15.9 Å². The van der Waals surface area contributed by atoms with Crippen LogP contribution < -0.4 is 5.73 Å². The van der Waals surface area contributed by atoms with Gasteiger partial charge in [-0.05, 0) is 52.2 Å². The highest BCUT2D eigenvalue weighted by Gasteiger charge is 2.32. The fourth-order valence-corrected chi connectivity index (χ4v) is 3.77. The number of benzene rings is 1. The summed E-state index contributed by atoms with van der Waals surface area (Å²) in [6, 6.07) is 7.07. The van der Waals surface area contributed by atoms with Gasteiger partial charge >= 0.3 is 0 Å². The van der Waals surface area contributed by atoms with E-state index >= 15 is 0 Å². The van der Waals surface area contributed by atoms with E-state index < -0.39 is 17.0 Å². The maximum absolute atomic E-state index is 13.4. The summed E-state index contributed by atoms with van der Waals surface area (Å²) in [5.41, 5.74) is 5.29. The van der Waals surface area contributed by atoms with Crippen molar-refractivity contribution < 1.29 is 13.9 Å². The van der Waals surface area contributed by atoms with Gasteiger partial charge in [0, 0.05) is 22.9 Å². The van der Waals surface area contributed by atoms with E-state index in [-0.39, 0.29) is 13.2 Å². The zero-order valence-corrected chi connectivity index (χ0v) is 13.0. The summed E-state index contributed by atoms with van der Waals surface area (Å²) in [4.78, 5) is 0.987. The molecule has 3 N–H and O–H groups in total. The zero-order chi connectivity index (χ0) is 14.8. The van der Waals surface area contributed by atoms with Crippen LogP contribution >= 0.6 is 27.3 Å². The normalized spacial score (nSPS) is 14.2. The second-order valence-electron chi connectivity index (χ2n) is 4.68. The van der Waals surface area contributed by atoms with Crippen molar-refractivity contribution in [1.29, 1.82) is 0 Å². The number of hydrogen-bond donors (Lipinski definition) is 2. The topological polar surface area (TPSA) is 46.2 Å². The number of aliphatic hydroxyl groups is 1. The Labute approximate surface area is 128 Å². The third-order valence-electron chi connectivity index (χ3n) is 3.31. The lowest BCUT2D eigenvalue weighted by molar-refractivity contribution is 0.196. The summed E-state index contributed by atoms with van der Waals surface area (Å²) in [6.45, 7) is -0.177. The number of halogens is 3. The molecule has 2 aromatic rings. The van der Waals surface area contributed by atoms with Gasteiger partial charge in [0.25, 0.3) is 0 Å². The molecule has 0 aliphatic carbocycles. The van der Waals surface area contributed by atoms with Crippen molar-refractivity contribution in [3.8, 4) is 0 Å². The van der Waals surface area contributed by atoms with Crippen molar-refractivity contribution in [2.75, 3.05) is 13.2 Å². The third kappa shape index (κ3) is 3.25. The number of rotatable bonds is 5. The van der Waals surface area contributed by atoms with E-state index in [4.69, 9.17) is 5.73 Å². The van der Waals surface area contributed by atoms with Gasteiger partial charge in [0.15, 0.2) is 0 Å². The molecule has 0 saturated heterocycles. The molecule has 1 aromatic carbocycles. The van der Waals surface area contributed by atoms with Crippen LogP contribution in [0.2, 0.25) is 0 Å². The fraction of sp³-hybridized carbons (Fsp3) is 0.286. The number of hydrogen-bond acceptors (Lipinski definition) is 3. The maximum Gasteiger partial charge on any atom is 0.126 e. The highest BCUT2D eigenvalue weighted by atomic mass is 79.9. The van der Waals surface area contributed by atoms with Crippen LogP contribution in [0.25, 0.3) is 0 Å². The Kier molecular flexibility index (Phi) is 4.90. The minimum absolute atomic E-state index is 0.0991. The molecule has 0 fully saturated rings. The van der Waals surface area contributed by atoms with Crippen LogP contribution in [0.3, 0.4) is 0 Å². The Morgan fingerprint density at radius 1 is 1.20 bits per heavy atom. The van der Waals surface area contributed by atoms with Crippen molar-refractivity contribution in [2.24, 2.45) is 5.73 Å². The quantitative estimate of drug-likeness (QED) is 0.858. The lowest BCUT2D eigenvalue weighted by atomic mass is 9.78. The van der Waals surface area contributed by atoms with Crippen LogP contribution in [0.5, 0.6) is 0 Å². The molecule has 0 radical (unpaired) electrons. The molecule has 1 unspecified atom stereocenters. The molecule has 0 amide bonds. The van der Waals surface area contributed by atoms with E-state index in [0.717, 1.165) is 14.7 Å². The molecule has 0 aliphatic rings. The Morgan fingerprint density at radius 2 is 1.85 bits per heavy atom. The molecule has 6 heteroatoms. The second-order valence-corrected chi connectivity index (χ2v) is 7.23. The van der Waals surface area contributed by atoms with Crippen molar-refractivity contribution >= 4 is 27.3 Å². The first-order valence-electron chi connectivity index (χ1n) is 6.01. The van der Waals surface area contributed by atoms with Gasteiger partial charge in [0.05, 0.1) is 10.4 Å². The molecule has 1 aromatic heterocycles. The third-order valence-corrected chi connectivity index (χ3v) is 4.93. The minimum atomic E-state index is -0.882. The number of thiophene rings is 1. The van der Waals surface area contributed by atoms with Gasteiger partial charge in [-0.25, -0.2) is 8.78 Å². The molecule has 108 valence electrons. The van der Waals surface area contributed by atoms with E-state index in [9.17, 15) is 13.9 Å². The van der Waals surface area contributed by atoms with Gasteiger partial charge in [-0.1, -0.05) is 0 Å². The average molecular weight is 362 g/mol. The van der Waals surface area contributed by atoms with E-state index in [1.807, 2.05) is 12.1 Å². The molecule has 1 heterocycles. The van der Waals surface area contributed by atoms with Crippen LogP contribution in [-0.2, 0) is 11.8 Å². The summed E-state index contributed by atoms with van der Waals surface area (Å²) in [5.74, 6) is -1.34. The van der Waals surface area contributed by atoms with Gasteiger partial charge in [0.2, 0.25) is 0 Å². The highest BCUT2D eigenvalue weighted by molar-refractivity contribution is 9.11. The lowest BCUT2D eigenvalue weighted by Crippen LogP contribution is -2.41. The average Bonchev–Trinajstić information content (AvgIpc) is 2.80. The molecule has 0 bridgehead atoms. The number of aliphatic hydroxyl groups excluding tert-OH is 1. The number of nitrogens with two attached hydrogens (primary N) is 1. The van der Waals surface area contributed by atoms with Crippen molar-refractivity contribution in [3.63, 3.8) is 0 Å². The Morgan fingerprint density at radius 3 is 2.30 bits per heavy atom. The first-order valence-corrected chi connectivity index (χ1v) is 7.62. The van der Waals surface area contributed by atoms with Crippen molar-refractivity contribution in [2.45, 2.75) is 11.8 Å². The van der Waals surface area contributed by atoms with Crippen molar-refractivity contribution in [1.82, 2.24) is 0 Å². The first-order chi connectivity index (χ1) is 9.49. The van der Waals surface area contributed by atoms with Crippen LogP contribution in [0.15, 0.2) is 34.1 Å². The molecule has 0 aliphatic heterocycles. The molecule has 2 nitrogen and oxygen atoms in total. The molecular formula is C14H14BrF2NOS. The molecule has 20 heavy (non-hydrogen) atoms. The summed E-state index contributed by atoms with van der Waals surface area (Å²) in [5, 5.41) is 9.75. The van der Waals surface area contributed by atoms with Gasteiger partial charge in [-0.2, -0.15) is 0 Å². The summed E-state index contributed by atoms with van der Waals surface area (Å²) < 4.78 is 27.8. The molecule has 2 rings (SSSR count). The smallest absolute Gasteiger partial charge is 0.126 e. The van der Waals surface area contributed by atoms with Gasteiger partial charge in [-0.3, -0.25) is 0 Å². The molecule has 0 spiro atoms. The summed E-state index contributed by atoms with van der Waals surface area (Å²) in [7, 11) is 0. The zero-order valence-electron chi connectivity index (χ0n) is 10.6. The fourth-order valence-electron chi connectivity index (χ4n) is 2.14. The first kappa shape index (κ1) is 15.6. The highest BCUT2D eigenvalue weighted by Crippen LogP contribution is 2.32. The van der Waals surface area contributed by atoms with Crippen LogP contribution in [0, 0.1) is 11.6 Å². The van der Waals surface area contributed by atoms with Gasteiger partial charge in [-0.15, -0.1) is 11.3 Å². The van der Waals surface area contributed by atoms with Crippen LogP contribution in [-0.4, -0.2) is 18.3 Å². The summed E-state index contributed by atoms with van der Waals surface area (Å²) >= 11 is 4.88. The van der Waals surface area contributed by atoms with E-state index in [0.29, 0.717) is 12.0 Å². The Hall–Kier alpha value is -0.820. The monoisotopic (exact) mass is 361 g/mol. The Balaban J connectivity index is 2.42. The maximum atomic E-state index is 13.4. The standard InChI is InChI=1S/C14H14BrF2NOS/c15-13-2-1-12(20-13)6-14(7-18,8-19)9-3-10(16)5-11(17)4-9/h1-5,19H,6-8,18H2. The van der Waals surface area contributed by atoms with Gasteiger partial charge < -0.3 is 10.8 Å². The Bertz CT molecular complexity index is 578. The molecule has 0 saturated carbocycles. The van der Waals surface area contributed by atoms with E-state index in [1.54, 1.807) is 0 Å². The predicted molar refractivity (Wildman–Crippen MR) is 79.9 cm³/mol. The van der Waals surface area contributed by atoms with Crippen molar-refractivity contribution in [3.05, 3.63) is 56.2 Å². The van der Waals surface area contributed by atoms with Gasteiger partial charge in [0.1, 0.15) is 11.6 Å². The minimum Gasteiger partial charge on any atom is -0.395 e.